The number of benzene rings is 1. The molecule has 0 aliphatic carbocycles. The second-order valence-corrected chi connectivity index (χ2v) is 7.65. The molecule has 1 aromatic heterocycles. The van der Waals surface area contributed by atoms with Crippen molar-refractivity contribution in [1.82, 2.24) is 4.72 Å². The Hall–Kier alpha value is -1.55. The highest BCUT2D eigenvalue weighted by Crippen LogP contribution is 2.28. The van der Waals surface area contributed by atoms with Crippen LogP contribution in [0, 0.1) is 15.9 Å². The Morgan fingerprint density at radius 3 is 2.64 bits per heavy atom. The zero-order chi connectivity index (χ0) is 16.5. The standard InChI is InChI=1S/C12H10ClFN2O4S2/c1-7(10-3-2-8(14)4-11(10)13)15-22(19,20)12-5-9(6-21-12)16(17)18/h2-7,15H,1H3. The van der Waals surface area contributed by atoms with Crippen LogP contribution in [0.1, 0.15) is 18.5 Å². The van der Waals surface area contributed by atoms with Crippen LogP contribution in [0.15, 0.2) is 33.9 Å². The van der Waals surface area contributed by atoms with E-state index in [0.29, 0.717) is 5.56 Å². The summed E-state index contributed by atoms with van der Waals surface area (Å²) in [5.41, 5.74) is 0.107. The van der Waals surface area contributed by atoms with Gasteiger partial charge < -0.3 is 0 Å². The topological polar surface area (TPSA) is 89.3 Å². The minimum absolute atomic E-state index is 0.0901. The van der Waals surface area contributed by atoms with E-state index >= 15 is 0 Å². The molecule has 2 aromatic rings. The fourth-order valence-corrected chi connectivity index (χ4v) is 4.44. The maximum absolute atomic E-state index is 13.0. The molecule has 10 heteroatoms. The van der Waals surface area contributed by atoms with Gasteiger partial charge in [0.2, 0.25) is 0 Å². The Kier molecular flexibility index (Phi) is 4.81. The monoisotopic (exact) mass is 364 g/mol. The summed E-state index contributed by atoms with van der Waals surface area (Å²) in [6, 6.07) is 3.88. The van der Waals surface area contributed by atoms with Crippen molar-refractivity contribution in [3.05, 3.63) is 56.2 Å². The van der Waals surface area contributed by atoms with Gasteiger partial charge in [-0.3, -0.25) is 10.1 Å². The normalized spacial score (nSPS) is 13.0. The van der Waals surface area contributed by atoms with Crippen molar-refractivity contribution >= 4 is 38.6 Å². The Bertz CT molecular complexity index is 822. The zero-order valence-electron chi connectivity index (χ0n) is 11.1. The van der Waals surface area contributed by atoms with Crippen molar-refractivity contribution in [3.63, 3.8) is 0 Å². The molecule has 6 nitrogen and oxygen atoms in total. The van der Waals surface area contributed by atoms with Crippen LogP contribution in [0.2, 0.25) is 5.02 Å². The van der Waals surface area contributed by atoms with Crippen molar-refractivity contribution in [3.8, 4) is 0 Å². The molecule has 0 bridgehead atoms. The first-order chi connectivity index (χ1) is 10.2. The summed E-state index contributed by atoms with van der Waals surface area (Å²) in [4.78, 5) is 9.93. The summed E-state index contributed by atoms with van der Waals surface area (Å²) in [6.45, 7) is 1.54. The first-order valence-electron chi connectivity index (χ1n) is 5.91. The lowest BCUT2D eigenvalue weighted by Gasteiger charge is -2.15. The molecular formula is C12H10ClFN2O4S2. The van der Waals surface area contributed by atoms with Gasteiger partial charge in [-0.2, -0.15) is 0 Å². The summed E-state index contributed by atoms with van der Waals surface area (Å²) in [5.74, 6) is -0.530. The zero-order valence-corrected chi connectivity index (χ0v) is 13.5. The maximum Gasteiger partial charge on any atom is 0.281 e. The number of nitrogens with zero attached hydrogens (tertiary/aromatic N) is 1. The molecule has 0 saturated carbocycles. The smallest absolute Gasteiger partial charge is 0.258 e. The highest BCUT2D eigenvalue weighted by molar-refractivity contribution is 7.91. The molecule has 1 unspecified atom stereocenters. The van der Waals surface area contributed by atoms with E-state index in [0.717, 1.165) is 28.8 Å². The van der Waals surface area contributed by atoms with Gasteiger partial charge in [0.25, 0.3) is 15.7 Å². The molecule has 1 aromatic carbocycles. The van der Waals surface area contributed by atoms with E-state index in [1.54, 1.807) is 6.92 Å². The van der Waals surface area contributed by atoms with Crippen molar-refractivity contribution in [1.29, 1.82) is 0 Å². The van der Waals surface area contributed by atoms with E-state index in [4.69, 9.17) is 11.6 Å². The molecule has 0 amide bonds. The van der Waals surface area contributed by atoms with Gasteiger partial charge in [-0.1, -0.05) is 17.7 Å². The van der Waals surface area contributed by atoms with E-state index in [-0.39, 0.29) is 14.9 Å². The van der Waals surface area contributed by atoms with E-state index in [1.807, 2.05) is 0 Å². The number of sulfonamides is 1. The first-order valence-corrected chi connectivity index (χ1v) is 8.65. The second-order valence-electron chi connectivity index (χ2n) is 4.39. The predicted molar refractivity (Wildman–Crippen MR) is 81.1 cm³/mol. The molecule has 0 radical (unpaired) electrons. The van der Waals surface area contributed by atoms with E-state index in [1.165, 1.54) is 12.1 Å². The average molecular weight is 365 g/mol. The van der Waals surface area contributed by atoms with Gasteiger partial charge in [-0.05, 0) is 24.6 Å². The Labute approximate surface area is 134 Å². The summed E-state index contributed by atoms with van der Waals surface area (Å²) in [6.07, 6.45) is 0. The Morgan fingerprint density at radius 1 is 1.41 bits per heavy atom. The fourth-order valence-electron chi connectivity index (χ4n) is 1.75. The van der Waals surface area contributed by atoms with Crippen LogP contribution in [-0.2, 0) is 10.0 Å². The van der Waals surface area contributed by atoms with E-state index < -0.39 is 26.8 Å². The van der Waals surface area contributed by atoms with Gasteiger partial charge in [0.15, 0.2) is 0 Å². The summed E-state index contributed by atoms with van der Waals surface area (Å²) >= 11 is 6.63. The minimum Gasteiger partial charge on any atom is -0.258 e. The summed E-state index contributed by atoms with van der Waals surface area (Å²) < 4.78 is 39.6. The molecule has 0 aliphatic rings. The number of hydrogen-bond acceptors (Lipinski definition) is 5. The fraction of sp³-hybridized carbons (Fsp3) is 0.167. The molecule has 0 saturated heterocycles. The largest absolute Gasteiger partial charge is 0.281 e. The highest BCUT2D eigenvalue weighted by atomic mass is 35.5. The van der Waals surface area contributed by atoms with Gasteiger partial charge in [0, 0.05) is 17.1 Å². The molecule has 0 aliphatic heterocycles. The molecule has 118 valence electrons. The van der Waals surface area contributed by atoms with Gasteiger partial charge in [-0.25, -0.2) is 17.5 Å². The van der Waals surface area contributed by atoms with Crippen LogP contribution >= 0.6 is 22.9 Å². The SMILES string of the molecule is CC(NS(=O)(=O)c1cc([N+](=O)[O-])cs1)c1ccc(F)cc1Cl. The van der Waals surface area contributed by atoms with E-state index in [2.05, 4.69) is 4.72 Å². The van der Waals surface area contributed by atoms with Crippen molar-refractivity contribution < 1.29 is 17.7 Å². The Balaban J connectivity index is 2.25. The lowest BCUT2D eigenvalue weighted by Crippen LogP contribution is -2.26. The van der Waals surface area contributed by atoms with Crippen LogP contribution in [-0.4, -0.2) is 13.3 Å². The van der Waals surface area contributed by atoms with Crippen LogP contribution in [0.3, 0.4) is 0 Å². The van der Waals surface area contributed by atoms with Gasteiger partial charge in [-0.15, -0.1) is 11.3 Å². The molecule has 2 rings (SSSR count). The molecular weight excluding hydrogens is 355 g/mol. The lowest BCUT2D eigenvalue weighted by atomic mass is 10.1. The third-order valence-corrected chi connectivity index (χ3v) is 6.09. The van der Waals surface area contributed by atoms with Crippen molar-refractivity contribution in [2.24, 2.45) is 0 Å². The lowest BCUT2D eigenvalue weighted by molar-refractivity contribution is -0.384. The van der Waals surface area contributed by atoms with Crippen LogP contribution in [0.25, 0.3) is 0 Å². The third kappa shape index (κ3) is 3.61. The quantitative estimate of drug-likeness (QED) is 0.649. The molecule has 1 atom stereocenters. The Morgan fingerprint density at radius 2 is 2.09 bits per heavy atom. The predicted octanol–water partition coefficient (Wildman–Crippen LogP) is 3.49. The van der Waals surface area contributed by atoms with Crippen molar-refractivity contribution in [2.75, 3.05) is 0 Å². The minimum atomic E-state index is -3.94. The van der Waals surface area contributed by atoms with Crippen molar-refractivity contribution in [2.45, 2.75) is 17.2 Å². The summed E-state index contributed by atoms with van der Waals surface area (Å²) in [5, 5.41) is 11.8. The van der Waals surface area contributed by atoms with Crippen LogP contribution in [0.4, 0.5) is 10.1 Å². The van der Waals surface area contributed by atoms with Crippen LogP contribution < -0.4 is 4.72 Å². The number of rotatable bonds is 5. The first kappa shape index (κ1) is 16.8. The molecule has 1 heterocycles. The summed E-state index contributed by atoms with van der Waals surface area (Å²) in [7, 11) is -3.94. The second kappa shape index (κ2) is 6.29. The van der Waals surface area contributed by atoms with Gasteiger partial charge in [0.05, 0.1) is 10.3 Å². The third-order valence-electron chi connectivity index (χ3n) is 2.80. The number of thiophene rings is 1. The average Bonchev–Trinajstić information content (AvgIpc) is 2.88. The molecule has 22 heavy (non-hydrogen) atoms. The number of nitro groups is 1. The van der Waals surface area contributed by atoms with Crippen LogP contribution in [0.5, 0.6) is 0 Å². The highest BCUT2D eigenvalue weighted by Gasteiger charge is 2.24. The number of halogens is 2. The number of hydrogen-bond donors (Lipinski definition) is 1. The maximum atomic E-state index is 13.0. The molecule has 1 N–H and O–H groups in total. The van der Waals surface area contributed by atoms with Gasteiger partial charge in [0.1, 0.15) is 10.0 Å². The number of nitrogens with one attached hydrogen (secondary N) is 1. The molecule has 0 fully saturated rings. The van der Waals surface area contributed by atoms with Gasteiger partial charge >= 0.3 is 0 Å². The molecule has 0 spiro atoms. The van der Waals surface area contributed by atoms with E-state index in [9.17, 15) is 22.9 Å².